The molecule has 0 saturated heterocycles. The van der Waals surface area contributed by atoms with E-state index in [1.54, 1.807) is 16.1 Å². The SMILES string of the molecule is NCCn1ccsc1=O. The molecule has 0 aromatic carbocycles. The van der Waals surface area contributed by atoms with Gasteiger partial charge in [-0.2, -0.15) is 0 Å². The summed E-state index contributed by atoms with van der Waals surface area (Å²) in [6.07, 6.45) is 1.75. The predicted molar refractivity (Wildman–Crippen MR) is 37.6 cm³/mol. The molecule has 1 rings (SSSR count). The van der Waals surface area contributed by atoms with Gasteiger partial charge in [-0.1, -0.05) is 11.3 Å². The first-order valence-corrected chi connectivity index (χ1v) is 3.56. The van der Waals surface area contributed by atoms with Gasteiger partial charge in [0.25, 0.3) is 0 Å². The molecule has 1 aromatic heterocycles. The van der Waals surface area contributed by atoms with E-state index in [-0.39, 0.29) is 4.87 Å². The third-order valence-electron chi connectivity index (χ3n) is 1.01. The zero-order chi connectivity index (χ0) is 6.69. The maximum Gasteiger partial charge on any atom is 0.307 e. The lowest BCUT2D eigenvalue weighted by Gasteiger charge is -1.92. The smallest absolute Gasteiger partial charge is 0.307 e. The van der Waals surface area contributed by atoms with E-state index in [9.17, 15) is 4.79 Å². The first kappa shape index (κ1) is 6.51. The summed E-state index contributed by atoms with van der Waals surface area (Å²) in [6.45, 7) is 1.15. The number of hydrogen-bond acceptors (Lipinski definition) is 3. The molecule has 0 unspecified atom stereocenters. The number of aromatic nitrogens is 1. The summed E-state index contributed by atoms with van der Waals surface area (Å²) in [5.41, 5.74) is 5.23. The largest absolute Gasteiger partial charge is 0.329 e. The van der Waals surface area contributed by atoms with Crippen molar-refractivity contribution in [2.45, 2.75) is 6.54 Å². The van der Waals surface area contributed by atoms with Crippen molar-refractivity contribution in [3.05, 3.63) is 21.2 Å². The van der Waals surface area contributed by atoms with Crippen LogP contribution in [0.3, 0.4) is 0 Å². The van der Waals surface area contributed by atoms with Crippen molar-refractivity contribution >= 4 is 11.3 Å². The Morgan fingerprint density at radius 3 is 3.00 bits per heavy atom. The van der Waals surface area contributed by atoms with E-state index < -0.39 is 0 Å². The Morgan fingerprint density at radius 2 is 2.56 bits per heavy atom. The van der Waals surface area contributed by atoms with Crippen LogP contribution in [0.25, 0.3) is 0 Å². The van der Waals surface area contributed by atoms with Gasteiger partial charge in [0, 0.05) is 24.7 Å². The van der Waals surface area contributed by atoms with Crippen molar-refractivity contribution in [2.75, 3.05) is 6.54 Å². The minimum atomic E-state index is 0.0699. The average Bonchev–Trinajstić information content (AvgIpc) is 2.18. The van der Waals surface area contributed by atoms with Crippen LogP contribution in [0.5, 0.6) is 0 Å². The molecule has 3 nitrogen and oxygen atoms in total. The molecule has 0 fully saturated rings. The summed E-state index contributed by atoms with van der Waals surface area (Å²) in [5, 5.41) is 1.76. The van der Waals surface area contributed by atoms with Crippen molar-refractivity contribution in [1.82, 2.24) is 4.57 Å². The maximum absolute atomic E-state index is 10.7. The minimum Gasteiger partial charge on any atom is -0.329 e. The highest BCUT2D eigenvalue weighted by molar-refractivity contribution is 7.07. The molecule has 0 aliphatic rings. The quantitative estimate of drug-likeness (QED) is 0.628. The van der Waals surface area contributed by atoms with Gasteiger partial charge in [0.2, 0.25) is 0 Å². The van der Waals surface area contributed by atoms with Crippen LogP contribution in [0.2, 0.25) is 0 Å². The second kappa shape index (κ2) is 2.80. The fourth-order valence-electron chi connectivity index (χ4n) is 0.596. The highest BCUT2D eigenvalue weighted by Crippen LogP contribution is 1.86. The number of nitrogens with two attached hydrogens (primary N) is 1. The Kier molecular flexibility index (Phi) is 2.02. The first-order valence-electron chi connectivity index (χ1n) is 2.68. The van der Waals surface area contributed by atoms with E-state index in [4.69, 9.17) is 5.73 Å². The Bertz CT molecular complexity index is 227. The molecule has 1 aromatic rings. The standard InChI is InChI=1S/C5H8N2OS/c6-1-2-7-3-4-9-5(7)8/h3-4H,1-2,6H2. The van der Waals surface area contributed by atoms with Crippen LogP contribution in [0.1, 0.15) is 0 Å². The molecule has 2 N–H and O–H groups in total. The highest BCUT2D eigenvalue weighted by Gasteiger charge is 1.91. The lowest BCUT2D eigenvalue weighted by molar-refractivity contribution is 0.698. The zero-order valence-electron chi connectivity index (χ0n) is 4.91. The van der Waals surface area contributed by atoms with E-state index in [1.807, 2.05) is 0 Å². The molecule has 0 bridgehead atoms. The third kappa shape index (κ3) is 1.40. The van der Waals surface area contributed by atoms with Crippen molar-refractivity contribution < 1.29 is 0 Å². The molecule has 0 amide bonds. The van der Waals surface area contributed by atoms with Gasteiger partial charge < -0.3 is 10.3 Å². The molecule has 0 radical (unpaired) electrons. The summed E-state index contributed by atoms with van der Waals surface area (Å²) in [6, 6.07) is 0. The van der Waals surface area contributed by atoms with Crippen LogP contribution >= 0.6 is 11.3 Å². The van der Waals surface area contributed by atoms with Crippen LogP contribution in [-0.4, -0.2) is 11.1 Å². The normalized spacial score (nSPS) is 9.89. The highest BCUT2D eigenvalue weighted by atomic mass is 32.1. The Morgan fingerprint density at radius 1 is 1.78 bits per heavy atom. The molecule has 0 aliphatic carbocycles. The minimum absolute atomic E-state index is 0.0699. The molecule has 50 valence electrons. The molecular weight excluding hydrogens is 136 g/mol. The first-order chi connectivity index (χ1) is 4.34. The Labute approximate surface area is 56.7 Å². The van der Waals surface area contributed by atoms with Crippen molar-refractivity contribution in [2.24, 2.45) is 5.73 Å². The van der Waals surface area contributed by atoms with Crippen molar-refractivity contribution in [1.29, 1.82) is 0 Å². The summed E-state index contributed by atoms with van der Waals surface area (Å²) >= 11 is 1.20. The molecular formula is C5H8N2OS. The summed E-state index contributed by atoms with van der Waals surface area (Å²) in [5.74, 6) is 0. The number of rotatable bonds is 2. The number of thiazole rings is 1. The Balaban J connectivity index is 2.81. The topological polar surface area (TPSA) is 48.0 Å². The fourth-order valence-corrected chi connectivity index (χ4v) is 1.21. The van der Waals surface area contributed by atoms with Crippen LogP contribution in [0.4, 0.5) is 0 Å². The van der Waals surface area contributed by atoms with Crippen LogP contribution in [0, 0.1) is 0 Å². The van der Waals surface area contributed by atoms with Crippen molar-refractivity contribution in [3.63, 3.8) is 0 Å². The molecule has 0 spiro atoms. The molecule has 0 saturated carbocycles. The zero-order valence-corrected chi connectivity index (χ0v) is 5.73. The number of hydrogen-bond donors (Lipinski definition) is 1. The van der Waals surface area contributed by atoms with Crippen LogP contribution in [0.15, 0.2) is 16.4 Å². The van der Waals surface area contributed by atoms with Gasteiger partial charge in [0.15, 0.2) is 0 Å². The van der Waals surface area contributed by atoms with E-state index in [2.05, 4.69) is 0 Å². The van der Waals surface area contributed by atoms with Gasteiger partial charge in [-0.3, -0.25) is 4.79 Å². The van der Waals surface area contributed by atoms with Gasteiger partial charge >= 0.3 is 4.87 Å². The lowest BCUT2D eigenvalue weighted by atomic mass is 10.6. The molecule has 1 heterocycles. The summed E-state index contributed by atoms with van der Waals surface area (Å²) < 4.78 is 1.60. The fraction of sp³-hybridized carbons (Fsp3) is 0.400. The van der Waals surface area contributed by atoms with Crippen LogP contribution < -0.4 is 10.6 Å². The summed E-state index contributed by atoms with van der Waals surface area (Å²) in [7, 11) is 0. The Hall–Kier alpha value is -0.610. The lowest BCUT2D eigenvalue weighted by Crippen LogP contribution is -2.17. The van der Waals surface area contributed by atoms with E-state index >= 15 is 0 Å². The molecule has 9 heavy (non-hydrogen) atoms. The maximum atomic E-state index is 10.7. The van der Waals surface area contributed by atoms with E-state index in [1.165, 1.54) is 11.3 Å². The van der Waals surface area contributed by atoms with Gasteiger partial charge in [0.05, 0.1) is 0 Å². The summed E-state index contributed by atoms with van der Waals surface area (Å²) in [4.78, 5) is 10.8. The van der Waals surface area contributed by atoms with E-state index in [0.29, 0.717) is 13.1 Å². The van der Waals surface area contributed by atoms with Crippen molar-refractivity contribution in [3.8, 4) is 0 Å². The second-order valence-corrected chi connectivity index (χ2v) is 2.51. The molecule has 0 atom stereocenters. The van der Waals surface area contributed by atoms with Crippen LogP contribution in [-0.2, 0) is 6.54 Å². The van der Waals surface area contributed by atoms with Gasteiger partial charge in [-0.05, 0) is 0 Å². The van der Waals surface area contributed by atoms with Gasteiger partial charge in [-0.15, -0.1) is 0 Å². The van der Waals surface area contributed by atoms with Gasteiger partial charge in [-0.25, -0.2) is 0 Å². The monoisotopic (exact) mass is 144 g/mol. The third-order valence-corrected chi connectivity index (χ3v) is 1.71. The number of nitrogens with zero attached hydrogens (tertiary/aromatic N) is 1. The predicted octanol–water partition coefficient (Wildman–Crippen LogP) is -0.132. The van der Waals surface area contributed by atoms with E-state index in [0.717, 1.165) is 0 Å². The molecule has 0 aliphatic heterocycles. The second-order valence-electron chi connectivity index (χ2n) is 1.65. The van der Waals surface area contributed by atoms with Gasteiger partial charge in [0.1, 0.15) is 0 Å². The average molecular weight is 144 g/mol. The molecule has 4 heteroatoms.